The number of nitrogens with one attached hydrogen (secondary N) is 1. The van der Waals surface area contributed by atoms with Crippen LogP contribution >= 0.6 is 22.6 Å². The van der Waals surface area contributed by atoms with Crippen molar-refractivity contribution >= 4 is 28.3 Å². The highest BCUT2D eigenvalue weighted by Crippen LogP contribution is 2.19. The van der Waals surface area contributed by atoms with E-state index in [1.807, 2.05) is 24.0 Å². The molecule has 0 radical (unpaired) electrons. The van der Waals surface area contributed by atoms with Gasteiger partial charge in [0.1, 0.15) is 0 Å². The van der Waals surface area contributed by atoms with Crippen molar-refractivity contribution in [3.63, 3.8) is 0 Å². The number of benzene rings is 1. The molecule has 1 unspecified atom stereocenters. The highest BCUT2D eigenvalue weighted by molar-refractivity contribution is 14.1. The van der Waals surface area contributed by atoms with E-state index in [1.165, 1.54) is 9.26 Å². The van der Waals surface area contributed by atoms with Gasteiger partial charge in [0.25, 0.3) is 0 Å². The summed E-state index contributed by atoms with van der Waals surface area (Å²) in [5.74, 6) is 0. The van der Waals surface area contributed by atoms with E-state index in [-0.39, 0.29) is 6.04 Å². The van der Waals surface area contributed by atoms with Crippen LogP contribution < -0.4 is 5.32 Å². The highest BCUT2D eigenvalue weighted by Gasteiger charge is 2.08. The van der Waals surface area contributed by atoms with Gasteiger partial charge in [-0.2, -0.15) is 5.10 Å². The maximum Gasteiger partial charge on any atom is 0.0653 e. The lowest BCUT2D eigenvalue weighted by atomic mass is 10.2. The van der Waals surface area contributed by atoms with Crippen LogP contribution in [0.1, 0.15) is 18.7 Å². The lowest BCUT2D eigenvalue weighted by Crippen LogP contribution is -2.11. The summed E-state index contributed by atoms with van der Waals surface area (Å²) in [6.45, 7) is 2.14. The van der Waals surface area contributed by atoms with E-state index in [4.69, 9.17) is 0 Å². The summed E-state index contributed by atoms with van der Waals surface area (Å²) >= 11 is 2.31. The van der Waals surface area contributed by atoms with Gasteiger partial charge in [-0.25, -0.2) is 0 Å². The molecule has 2 aromatic rings. The summed E-state index contributed by atoms with van der Waals surface area (Å²) in [6.07, 6.45) is 1.82. The molecule has 2 rings (SSSR count). The van der Waals surface area contributed by atoms with E-state index in [0.29, 0.717) is 0 Å². The van der Waals surface area contributed by atoms with Crippen molar-refractivity contribution < 1.29 is 0 Å². The molecule has 0 aliphatic carbocycles. The number of aryl methyl sites for hydroxylation is 1. The van der Waals surface area contributed by atoms with Gasteiger partial charge in [0.2, 0.25) is 0 Å². The Hall–Kier alpha value is -1.04. The fraction of sp³-hybridized carbons (Fsp3) is 0.250. The predicted octanol–water partition coefficient (Wildman–Crippen LogP) is 3.20. The Morgan fingerprint density at radius 2 is 2.19 bits per heavy atom. The molecule has 0 saturated carbocycles. The third-order valence-electron chi connectivity index (χ3n) is 2.51. The standard InChI is InChI=1S/C12H14IN3/c1-9(12-6-7-14-16(12)2)15-11-5-3-4-10(13)8-11/h3-9,15H,1-2H3. The summed E-state index contributed by atoms with van der Waals surface area (Å²) in [4.78, 5) is 0. The zero-order chi connectivity index (χ0) is 11.5. The van der Waals surface area contributed by atoms with Gasteiger partial charge in [0.15, 0.2) is 0 Å². The van der Waals surface area contributed by atoms with Crippen molar-refractivity contribution in [3.8, 4) is 0 Å². The van der Waals surface area contributed by atoms with Crippen LogP contribution in [-0.2, 0) is 7.05 Å². The van der Waals surface area contributed by atoms with E-state index >= 15 is 0 Å². The number of anilines is 1. The van der Waals surface area contributed by atoms with Gasteiger partial charge < -0.3 is 5.32 Å². The van der Waals surface area contributed by atoms with Crippen LogP contribution in [0.15, 0.2) is 36.5 Å². The minimum atomic E-state index is 0.255. The molecule has 0 saturated heterocycles. The highest BCUT2D eigenvalue weighted by atomic mass is 127. The molecule has 84 valence electrons. The largest absolute Gasteiger partial charge is 0.377 e. The minimum absolute atomic E-state index is 0.255. The van der Waals surface area contributed by atoms with Gasteiger partial charge in [0, 0.05) is 22.5 Å². The fourth-order valence-corrected chi connectivity index (χ4v) is 2.25. The molecule has 1 heterocycles. The maximum absolute atomic E-state index is 4.17. The summed E-state index contributed by atoms with van der Waals surface area (Å²) in [6, 6.07) is 10.6. The second kappa shape index (κ2) is 4.86. The van der Waals surface area contributed by atoms with Crippen molar-refractivity contribution in [2.24, 2.45) is 7.05 Å². The zero-order valence-corrected chi connectivity index (χ0v) is 11.5. The van der Waals surface area contributed by atoms with Gasteiger partial charge in [-0.05, 0) is 53.8 Å². The van der Waals surface area contributed by atoms with Gasteiger partial charge >= 0.3 is 0 Å². The molecule has 1 N–H and O–H groups in total. The molecule has 16 heavy (non-hydrogen) atoms. The predicted molar refractivity (Wildman–Crippen MR) is 74.4 cm³/mol. The molecule has 3 nitrogen and oxygen atoms in total. The molecular weight excluding hydrogens is 313 g/mol. The van der Waals surface area contributed by atoms with Crippen molar-refractivity contribution in [2.75, 3.05) is 5.32 Å². The van der Waals surface area contributed by atoms with E-state index in [2.05, 4.69) is 64.2 Å². The fourth-order valence-electron chi connectivity index (χ4n) is 1.71. The number of nitrogens with zero attached hydrogens (tertiary/aromatic N) is 2. The van der Waals surface area contributed by atoms with Crippen LogP contribution in [0.25, 0.3) is 0 Å². The molecule has 1 atom stereocenters. The molecule has 0 bridgehead atoms. The third kappa shape index (κ3) is 2.55. The second-order valence-electron chi connectivity index (χ2n) is 3.76. The number of rotatable bonds is 3. The Morgan fingerprint density at radius 3 is 2.81 bits per heavy atom. The van der Waals surface area contributed by atoms with E-state index in [9.17, 15) is 0 Å². The SMILES string of the molecule is CC(Nc1cccc(I)c1)c1ccnn1C. The minimum Gasteiger partial charge on any atom is -0.377 e. The van der Waals surface area contributed by atoms with Gasteiger partial charge in [-0.3, -0.25) is 4.68 Å². The van der Waals surface area contributed by atoms with Crippen molar-refractivity contribution in [1.82, 2.24) is 9.78 Å². The Bertz CT molecular complexity index is 479. The summed E-state index contributed by atoms with van der Waals surface area (Å²) in [5, 5.41) is 7.63. The number of hydrogen-bond donors (Lipinski definition) is 1. The molecule has 1 aromatic heterocycles. The topological polar surface area (TPSA) is 29.9 Å². The van der Waals surface area contributed by atoms with Crippen LogP contribution in [0, 0.1) is 3.57 Å². The van der Waals surface area contributed by atoms with E-state index < -0.39 is 0 Å². The molecule has 0 fully saturated rings. The van der Waals surface area contributed by atoms with Crippen molar-refractivity contribution in [3.05, 3.63) is 45.8 Å². The van der Waals surface area contributed by atoms with E-state index in [0.717, 1.165) is 5.69 Å². The first-order valence-corrected chi connectivity index (χ1v) is 6.24. The van der Waals surface area contributed by atoms with E-state index in [1.54, 1.807) is 0 Å². The first kappa shape index (κ1) is 11.4. The van der Waals surface area contributed by atoms with Gasteiger partial charge in [0.05, 0.1) is 11.7 Å². The smallest absolute Gasteiger partial charge is 0.0653 e. The normalized spacial score (nSPS) is 12.4. The number of halogens is 1. The molecular formula is C12H14IN3. The molecule has 4 heteroatoms. The molecule has 0 spiro atoms. The van der Waals surface area contributed by atoms with Crippen LogP contribution in [-0.4, -0.2) is 9.78 Å². The summed E-state index contributed by atoms with van der Waals surface area (Å²) in [5.41, 5.74) is 2.32. The van der Waals surface area contributed by atoms with Gasteiger partial charge in [-0.1, -0.05) is 6.07 Å². The quantitative estimate of drug-likeness (QED) is 0.878. The van der Waals surface area contributed by atoms with Crippen LogP contribution in [0.3, 0.4) is 0 Å². The molecule has 0 amide bonds. The monoisotopic (exact) mass is 327 g/mol. The van der Waals surface area contributed by atoms with Crippen LogP contribution in [0.2, 0.25) is 0 Å². The molecule has 0 aliphatic rings. The average molecular weight is 327 g/mol. The van der Waals surface area contributed by atoms with Gasteiger partial charge in [-0.15, -0.1) is 0 Å². The molecule has 0 aliphatic heterocycles. The Morgan fingerprint density at radius 1 is 1.38 bits per heavy atom. The lowest BCUT2D eigenvalue weighted by molar-refractivity contribution is 0.676. The van der Waals surface area contributed by atoms with Crippen LogP contribution in [0.4, 0.5) is 5.69 Å². The summed E-state index contributed by atoms with van der Waals surface area (Å²) < 4.78 is 3.13. The van der Waals surface area contributed by atoms with Crippen molar-refractivity contribution in [1.29, 1.82) is 0 Å². The third-order valence-corrected chi connectivity index (χ3v) is 3.18. The Kier molecular flexibility index (Phi) is 3.48. The first-order chi connectivity index (χ1) is 7.66. The van der Waals surface area contributed by atoms with Crippen LogP contribution in [0.5, 0.6) is 0 Å². The molecule has 1 aromatic carbocycles. The lowest BCUT2D eigenvalue weighted by Gasteiger charge is -2.15. The number of hydrogen-bond acceptors (Lipinski definition) is 2. The van der Waals surface area contributed by atoms with Crippen molar-refractivity contribution in [2.45, 2.75) is 13.0 Å². The Balaban J connectivity index is 2.14. The number of aromatic nitrogens is 2. The second-order valence-corrected chi connectivity index (χ2v) is 5.00. The maximum atomic E-state index is 4.17. The Labute approximate surface area is 109 Å². The zero-order valence-electron chi connectivity index (χ0n) is 9.31. The first-order valence-electron chi connectivity index (χ1n) is 5.17. The average Bonchev–Trinajstić information content (AvgIpc) is 2.64. The summed E-state index contributed by atoms with van der Waals surface area (Å²) in [7, 11) is 1.96.